The first kappa shape index (κ1) is 21.1. The summed E-state index contributed by atoms with van der Waals surface area (Å²) in [5, 5.41) is 0. The van der Waals surface area contributed by atoms with Gasteiger partial charge in [0.15, 0.2) is 0 Å². The molecule has 0 saturated carbocycles. The summed E-state index contributed by atoms with van der Waals surface area (Å²) in [6, 6.07) is 21.6. The van der Waals surface area contributed by atoms with Gasteiger partial charge in [-0.1, -0.05) is 12.1 Å². The summed E-state index contributed by atoms with van der Waals surface area (Å²) in [6.45, 7) is 6.06. The highest BCUT2D eigenvalue weighted by Gasteiger charge is 2.09. The third-order valence-corrected chi connectivity index (χ3v) is 5.91. The Labute approximate surface area is 187 Å². The third kappa shape index (κ3) is 4.80. The molecular weight excluding hydrogens is 406 g/mol. The van der Waals surface area contributed by atoms with Crippen molar-refractivity contribution < 1.29 is 9.47 Å². The van der Waals surface area contributed by atoms with E-state index >= 15 is 0 Å². The molecule has 6 heteroatoms. The third-order valence-electron chi connectivity index (χ3n) is 5.16. The summed E-state index contributed by atoms with van der Waals surface area (Å²) in [4.78, 5) is 5.51. The van der Waals surface area contributed by atoms with E-state index in [-0.39, 0.29) is 0 Å². The van der Waals surface area contributed by atoms with Gasteiger partial charge in [0.25, 0.3) is 0 Å². The first-order valence-corrected chi connectivity index (χ1v) is 11.6. The van der Waals surface area contributed by atoms with Gasteiger partial charge in [0, 0.05) is 28.7 Å². The van der Waals surface area contributed by atoms with E-state index in [1.807, 2.05) is 42.0 Å². The van der Waals surface area contributed by atoms with Crippen LogP contribution in [0.15, 0.2) is 78.0 Å². The molecule has 2 aromatic heterocycles. The number of nitrogens with zero attached hydrogens (tertiary/aromatic N) is 3. The van der Waals surface area contributed by atoms with Crippen molar-refractivity contribution in [1.82, 2.24) is 14.1 Å². The fourth-order valence-corrected chi connectivity index (χ4v) is 3.97. The second-order valence-corrected chi connectivity index (χ2v) is 7.97. The van der Waals surface area contributed by atoms with Crippen molar-refractivity contribution in [3.63, 3.8) is 0 Å². The maximum atomic E-state index is 6.03. The maximum Gasteiger partial charge on any atom is 0.300 e. The number of imidazole rings is 1. The van der Waals surface area contributed by atoms with E-state index in [2.05, 4.69) is 59.1 Å². The minimum atomic E-state index is 0.584. The highest BCUT2D eigenvalue weighted by atomic mass is 32.2. The van der Waals surface area contributed by atoms with E-state index in [0.29, 0.717) is 19.2 Å². The van der Waals surface area contributed by atoms with Crippen LogP contribution in [-0.2, 0) is 6.54 Å². The summed E-state index contributed by atoms with van der Waals surface area (Å²) in [5.41, 5.74) is 4.66. The molecule has 0 aliphatic heterocycles. The molecule has 0 aliphatic rings. The number of thioether (sulfide) groups is 1. The molecule has 0 amide bonds. The Bertz CT molecular complexity index is 1110. The van der Waals surface area contributed by atoms with Crippen LogP contribution in [0.5, 0.6) is 11.8 Å². The normalized spacial score (nSPS) is 10.9. The van der Waals surface area contributed by atoms with Gasteiger partial charge >= 0.3 is 6.01 Å². The Morgan fingerprint density at radius 3 is 2.42 bits per heavy atom. The average molecular weight is 434 g/mol. The smallest absolute Gasteiger partial charge is 0.300 e. The van der Waals surface area contributed by atoms with Crippen LogP contribution in [-0.4, -0.2) is 33.6 Å². The van der Waals surface area contributed by atoms with Gasteiger partial charge in [0.2, 0.25) is 0 Å². The zero-order valence-corrected chi connectivity index (χ0v) is 18.9. The monoisotopic (exact) mass is 433 g/mol. The van der Waals surface area contributed by atoms with Crippen LogP contribution in [0.1, 0.15) is 12.6 Å². The van der Waals surface area contributed by atoms with Crippen LogP contribution in [0.4, 0.5) is 0 Å². The predicted molar refractivity (Wildman–Crippen MR) is 127 cm³/mol. The van der Waals surface area contributed by atoms with Crippen LogP contribution in [0.2, 0.25) is 0 Å². The lowest BCUT2D eigenvalue weighted by Crippen LogP contribution is -2.10. The fraction of sp³-hybridized carbons (Fsp3) is 0.240. The summed E-state index contributed by atoms with van der Waals surface area (Å²) in [5.74, 6) is 0.845. The standard InChI is InChI=1S/C25H27N3O2S/c1-4-29-25-26-15-16-28(25)21-8-10-22(11-9-21)30-18-17-27-19(2)5-14-24(27)20-6-12-23(31-3)13-7-20/h5-16H,4,17-18H2,1-3H3. The molecule has 0 unspecified atom stereocenters. The van der Waals surface area contributed by atoms with Crippen molar-refractivity contribution in [3.8, 4) is 28.7 Å². The number of ether oxygens (including phenoxy) is 2. The minimum Gasteiger partial charge on any atom is -0.492 e. The van der Waals surface area contributed by atoms with Crippen molar-refractivity contribution in [1.29, 1.82) is 0 Å². The van der Waals surface area contributed by atoms with Crippen molar-refractivity contribution >= 4 is 11.8 Å². The fourth-order valence-electron chi connectivity index (χ4n) is 3.56. The number of aromatic nitrogens is 3. The lowest BCUT2D eigenvalue weighted by atomic mass is 10.1. The van der Waals surface area contributed by atoms with Crippen molar-refractivity contribution in [3.05, 3.63) is 78.8 Å². The Morgan fingerprint density at radius 1 is 0.935 bits per heavy atom. The molecule has 2 aromatic carbocycles. The largest absolute Gasteiger partial charge is 0.492 e. The summed E-state index contributed by atoms with van der Waals surface area (Å²) < 4.78 is 15.8. The van der Waals surface area contributed by atoms with Crippen LogP contribution >= 0.6 is 11.8 Å². The first-order valence-electron chi connectivity index (χ1n) is 10.4. The number of benzene rings is 2. The predicted octanol–water partition coefficient (Wildman–Crippen LogP) is 5.85. The van der Waals surface area contributed by atoms with Crippen LogP contribution < -0.4 is 9.47 Å². The molecule has 0 N–H and O–H groups in total. The van der Waals surface area contributed by atoms with Gasteiger partial charge in [-0.05, 0) is 74.2 Å². The van der Waals surface area contributed by atoms with E-state index in [1.54, 1.807) is 18.0 Å². The molecule has 5 nitrogen and oxygen atoms in total. The average Bonchev–Trinajstić information content (AvgIpc) is 3.41. The molecule has 0 aliphatic carbocycles. The van der Waals surface area contributed by atoms with Gasteiger partial charge in [-0.2, -0.15) is 0 Å². The van der Waals surface area contributed by atoms with E-state index in [9.17, 15) is 0 Å². The highest BCUT2D eigenvalue weighted by Crippen LogP contribution is 2.25. The van der Waals surface area contributed by atoms with Crippen LogP contribution in [0.3, 0.4) is 0 Å². The number of rotatable bonds is 9. The Morgan fingerprint density at radius 2 is 1.71 bits per heavy atom. The quantitative estimate of drug-likeness (QED) is 0.311. The molecule has 31 heavy (non-hydrogen) atoms. The molecular formula is C25H27N3O2S. The van der Waals surface area contributed by atoms with E-state index < -0.39 is 0 Å². The van der Waals surface area contributed by atoms with Crippen molar-refractivity contribution in [2.45, 2.75) is 25.3 Å². The first-order chi connectivity index (χ1) is 15.2. The Balaban J connectivity index is 1.40. The molecule has 0 radical (unpaired) electrons. The second-order valence-electron chi connectivity index (χ2n) is 7.10. The van der Waals surface area contributed by atoms with Gasteiger partial charge in [-0.3, -0.25) is 4.57 Å². The summed E-state index contributed by atoms with van der Waals surface area (Å²) in [6.07, 6.45) is 5.73. The molecule has 0 bridgehead atoms. The summed E-state index contributed by atoms with van der Waals surface area (Å²) in [7, 11) is 0. The Hall–Kier alpha value is -3.12. The van der Waals surface area contributed by atoms with Gasteiger partial charge in [0.05, 0.1) is 18.8 Å². The highest BCUT2D eigenvalue weighted by molar-refractivity contribution is 7.98. The van der Waals surface area contributed by atoms with Crippen molar-refractivity contribution in [2.75, 3.05) is 19.5 Å². The lowest BCUT2D eigenvalue weighted by molar-refractivity contribution is 0.298. The van der Waals surface area contributed by atoms with Crippen LogP contribution in [0.25, 0.3) is 16.9 Å². The molecule has 4 aromatic rings. The SMILES string of the molecule is CCOc1nccn1-c1ccc(OCCn2c(C)ccc2-c2ccc(SC)cc2)cc1. The van der Waals surface area contributed by atoms with Gasteiger partial charge in [-0.25, -0.2) is 4.98 Å². The lowest BCUT2D eigenvalue weighted by Gasteiger charge is -2.14. The maximum absolute atomic E-state index is 6.03. The van der Waals surface area contributed by atoms with E-state index in [0.717, 1.165) is 18.0 Å². The zero-order chi connectivity index (χ0) is 21.6. The molecule has 160 valence electrons. The molecule has 0 atom stereocenters. The number of hydrogen-bond donors (Lipinski definition) is 0. The van der Waals surface area contributed by atoms with Crippen LogP contribution in [0, 0.1) is 6.92 Å². The second kappa shape index (κ2) is 9.79. The van der Waals surface area contributed by atoms with Gasteiger partial charge in [0.1, 0.15) is 12.4 Å². The molecule has 0 spiro atoms. The van der Waals surface area contributed by atoms with Crippen molar-refractivity contribution in [2.24, 2.45) is 0 Å². The molecule has 4 rings (SSSR count). The minimum absolute atomic E-state index is 0.584. The van der Waals surface area contributed by atoms with Gasteiger partial charge in [-0.15, -0.1) is 11.8 Å². The van der Waals surface area contributed by atoms with Gasteiger partial charge < -0.3 is 14.0 Å². The molecule has 0 saturated heterocycles. The van der Waals surface area contributed by atoms with E-state index in [1.165, 1.54) is 21.8 Å². The number of aryl methyl sites for hydroxylation is 1. The molecule has 2 heterocycles. The zero-order valence-electron chi connectivity index (χ0n) is 18.1. The topological polar surface area (TPSA) is 41.2 Å². The summed E-state index contributed by atoms with van der Waals surface area (Å²) >= 11 is 1.76. The number of hydrogen-bond acceptors (Lipinski definition) is 4. The molecule has 0 fully saturated rings. The van der Waals surface area contributed by atoms with E-state index in [4.69, 9.17) is 9.47 Å². The Kier molecular flexibility index (Phi) is 6.67.